The normalized spacial score (nSPS) is 10.8. The molecule has 0 bridgehead atoms. The zero-order valence-corrected chi connectivity index (χ0v) is 14.8. The summed E-state index contributed by atoms with van der Waals surface area (Å²) in [5, 5.41) is 0.841. The molecular weight excluding hydrogens is 347 g/mol. The molecule has 0 aromatic heterocycles. The summed E-state index contributed by atoms with van der Waals surface area (Å²) >= 11 is 11.7. The molecule has 2 aromatic carbocycles. The predicted octanol–water partition coefficient (Wildman–Crippen LogP) is 5.05. The minimum atomic E-state index is -0.597. The van der Waals surface area contributed by atoms with Crippen molar-refractivity contribution in [1.82, 2.24) is 0 Å². The van der Waals surface area contributed by atoms with E-state index < -0.39 is 5.97 Å². The van der Waals surface area contributed by atoms with Crippen molar-refractivity contribution in [2.24, 2.45) is 0 Å². The molecule has 0 heterocycles. The van der Waals surface area contributed by atoms with E-state index in [-0.39, 0.29) is 12.4 Å². The monoisotopic (exact) mass is 362 g/mol. The van der Waals surface area contributed by atoms with Gasteiger partial charge in [0.2, 0.25) is 5.78 Å². The molecule has 3 nitrogen and oxygen atoms in total. The summed E-state index contributed by atoms with van der Waals surface area (Å²) in [6.45, 7) is 3.45. The van der Waals surface area contributed by atoms with Crippen LogP contribution < -0.4 is 0 Å². The van der Waals surface area contributed by atoms with Crippen LogP contribution in [0.2, 0.25) is 10.0 Å². The number of aryl methyl sites for hydroxylation is 2. The molecule has 124 valence electrons. The van der Waals surface area contributed by atoms with Crippen LogP contribution in [0.1, 0.15) is 27.0 Å². The highest BCUT2D eigenvalue weighted by molar-refractivity contribution is 6.42. The van der Waals surface area contributed by atoms with E-state index in [0.717, 1.165) is 11.1 Å². The summed E-state index contributed by atoms with van der Waals surface area (Å²) in [6, 6.07) is 10.6. The number of carbonyl (C=O) groups excluding carboxylic acids is 2. The van der Waals surface area contributed by atoms with E-state index in [2.05, 4.69) is 0 Å². The number of carbonyl (C=O) groups is 2. The lowest BCUT2D eigenvalue weighted by Crippen LogP contribution is -2.13. The van der Waals surface area contributed by atoms with Crippen LogP contribution in [-0.2, 0) is 9.53 Å². The van der Waals surface area contributed by atoms with Gasteiger partial charge in [0.25, 0.3) is 0 Å². The second-order valence-corrected chi connectivity index (χ2v) is 6.17. The zero-order valence-electron chi connectivity index (χ0n) is 13.3. The van der Waals surface area contributed by atoms with Crippen molar-refractivity contribution < 1.29 is 14.3 Å². The van der Waals surface area contributed by atoms with Gasteiger partial charge in [-0.25, -0.2) is 4.79 Å². The third-order valence-corrected chi connectivity index (χ3v) is 4.13. The highest BCUT2D eigenvalue weighted by Crippen LogP contribution is 2.23. The zero-order chi connectivity index (χ0) is 17.7. The molecule has 0 fully saturated rings. The number of Topliss-reactive ketones (excluding diaryl/α,β-unsaturated/α-hetero) is 1. The minimum absolute atomic E-state index is 0.229. The van der Waals surface area contributed by atoms with Crippen molar-refractivity contribution in [3.63, 3.8) is 0 Å². The van der Waals surface area contributed by atoms with Gasteiger partial charge in [0.05, 0.1) is 10.0 Å². The summed E-state index contributed by atoms with van der Waals surface area (Å²) in [7, 11) is 0. The third kappa shape index (κ3) is 4.95. The molecule has 0 unspecified atom stereocenters. The summed E-state index contributed by atoms with van der Waals surface area (Å²) in [6.07, 6.45) is 2.79. The number of benzene rings is 2. The van der Waals surface area contributed by atoms with Gasteiger partial charge in [-0.2, -0.15) is 0 Å². The lowest BCUT2D eigenvalue weighted by Gasteiger charge is -2.06. The van der Waals surface area contributed by atoms with Gasteiger partial charge in [0.15, 0.2) is 6.61 Å². The predicted molar refractivity (Wildman–Crippen MR) is 96.7 cm³/mol. The molecule has 0 radical (unpaired) electrons. The molecule has 5 heteroatoms. The fourth-order valence-corrected chi connectivity index (χ4v) is 2.39. The lowest BCUT2D eigenvalue weighted by molar-refractivity contribution is -0.136. The van der Waals surface area contributed by atoms with Gasteiger partial charge in [-0.05, 0) is 49.2 Å². The summed E-state index contributed by atoms with van der Waals surface area (Å²) < 4.78 is 4.99. The van der Waals surface area contributed by atoms with Crippen LogP contribution in [0, 0.1) is 13.8 Å². The fraction of sp³-hybridized carbons (Fsp3) is 0.158. The van der Waals surface area contributed by atoms with Gasteiger partial charge in [-0.3, -0.25) is 4.79 Å². The van der Waals surface area contributed by atoms with Crippen LogP contribution in [0.5, 0.6) is 0 Å². The smallest absolute Gasteiger partial charge is 0.331 e. The second-order valence-electron chi connectivity index (χ2n) is 5.36. The summed E-state index contributed by atoms with van der Waals surface area (Å²) in [5.74, 6) is -0.827. The van der Waals surface area contributed by atoms with Crippen LogP contribution in [0.15, 0.2) is 42.5 Å². The third-order valence-electron chi connectivity index (χ3n) is 3.39. The van der Waals surface area contributed by atoms with E-state index in [1.165, 1.54) is 6.08 Å². The largest absolute Gasteiger partial charge is 0.454 e. The van der Waals surface area contributed by atoms with E-state index in [1.54, 1.807) is 30.3 Å². The van der Waals surface area contributed by atoms with Crippen LogP contribution in [0.25, 0.3) is 6.08 Å². The molecular formula is C19H16Cl2O3. The number of hydrogen-bond donors (Lipinski definition) is 0. The molecule has 0 N–H and O–H groups in total. The maximum Gasteiger partial charge on any atom is 0.331 e. The topological polar surface area (TPSA) is 43.4 Å². The minimum Gasteiger partial charge on any atom is -0.454 e. The Kier molecular flexibility index (Phi) is 6.18. The quantitative estimate of drug-likeness (QED) is 0.424. The molecule has 2 aromatic rings. The standard InChI is InChI=1S/C19H16Cl2O3/c1-12-3-4-13(2)15(9-12)18(22)11-24-19(23)8-6-14-5-7-16(20)17(21)10-14/h3-10H,11H2,1-2H3. The van der Waals surface area contributed by atoms with Crippen molar-refractivity contribution in [2.45, 2.75) is 13.8 Å². The average Bonchev–Trinajstić information content (AvgIpc) is 2.56. The Morgan fingerprint density at radius 2 is 1.79 bits per heavy atom. The van der Waals surface area contributed by atoms with Gasteiger partial charge in [-0.1, -0.05) is 47.0 Å². The number of hydrogen-bond acceptors (Lipinski definition) is 3. The van der Waals surface area contributed by atoms with E-state index in [9.17, 15) is 9.59 Å². The maximum atomic E-state index is 12.1. The first-order valence-corrected chi connectivity index (χ1v) is 8.03. The van der Waals surface area contributed by atoms with E-state index in [4.69, 9.17) is 27.9 Å². The Hall–Kier alpha value is -2.10. The molecule has 0 saturated carbocycles. The Morgan fingerprint density at radius 1 is 1.04 bits per heavy atom. The van der Waals surface area contributed by atoms with Gasteiger partial charge >= 0.3 is 5.97 Å². The molecule has 0 amide bonds. The Labute approximate surface area is 150 Å². The second kappa shape index (κ2) is 8.13. The van der Waals surface area contributed by atoms with Crippen LogP contribution in [0.4, 0.5) is 0 Å². The van der Waals surface area contributed by atoms with Crippen LogP contribution in [0.3, 0.4) is 0 Å². The Balaban J connectivity index is 1.95. The van der Waals surface area contributed by atoms with Crippen LogP contribution >= 0.6 is 23.2 Å². The maximum absolute atomic E-state index is 12.1. The van der Waals surface area contributed by atoms with Gasteiger partial charge in [0.1, 0.15) is 0 Å². The van der Waals surface area contributed by atoms with Crippen molar-refractivity contribution >= 4 is 41.0 Å². The van der Waals surface area contributed by atoms with E-state index in [0.29, 0.717) is 21.2 Å². The van der Waals surface area contributed by atoms with Gasteiger partial charge in [0, 0.05) is 11.6 Å². The number of rotatable bonds is 5. The highest BCUT2D eigenvalue weighted by Gasteiger charge is 2.11. The number of ether oxygens (including phenoxy) is 1. The molecule has 0 aliphatic heterocycles. The first-order chi connectivity index (χ1) is 11.4. The van der Waals surface area contributed by atoms with Crippen molar-refractivity contribution in [1.29, 1.82) is 0 Å². The molecule has 24 heavy (non-hydrogen) atoms. The van der Waals surface area contributed by atoms with Crippen molar-refractivity contribution in [3.8, 4) is 0 Å². The molecule has 0 aliphatic carbocycles. The van der Waals surface area contributed by atoms with E-state index in [1.807, 2.05) is 26.0 Å². The number of ketones is 1. The van der Waals surface area contributed by atoms with Crippen molar-refractivity contribution in [2.75, 3.05) is 6.61 Å². The first-order valence-electron chi connectivity index (χ1n) is 7.27. The fourth-order valence-electron chi connectivity index (χ4n) is 2.08. The molecule has 0 atom stereocenters. The Bertz CT molecular complexity index is 810. The first kappa shape index (κ1) is 18.2. The SMILES string of the molecule is Cc1ccc(C)c(C(=O)COC(=O)C=Cc2ccc(Cl)c(Cl)c2)c1. The number of halogens is 2. The number of esters is 1. The molecule has 0 spiro atoms. The van der Waals surface area contributed by atoms with E-state index >= 15 is 0 Å². The molecule has 0 saturated heterocycles. The lowest BCUT2D eigenvalue weighted by atomic mass is 10.0. The van der Waals surface area contributed by atoms with Gasteiger partial charge in [-0.15, -0.1) is 0 Å². The summed E-state index contributed by atoms with van der Waals surface area (Å²) in [4.78, 5) is 23.9. The molecule has 2 rings (SSSR count). The summed E-state index contributed by atoms with van der Waals surface area (Å²) in [5.41, 5.74) is 3.11. The van der Waals surface area contributed by atoms with Gasteiger partial charge < -0.3 is 4.74 Å². The average molecular weight is 363 g/mol. The molecule has 0 aliphatic rings. The van der Waals surface area contributed by atoms with Crippen molar-refractivity contribution in [3.05, 3.63) is 74.8 Å². The Morgan fingerprint density at radius 3 is 2.50 bits per heavy atom. The highest BCUT2D eigenvalue weighted by atomic mass is 35.5. The van der Waals surface area contributed by atoms with Crippen LogP contribution in [-0.4, -0.2) is 18.4 Å².